The molecule has 0 bridgehead atoms. The Morgan fingerprint density at radius 2 is 1.41 bits per heavy atom. The van der Waals surface area contributed by atoms with Gasteiger partial charge in [0.05, 0.1) is 0 Å². The molecule has 2 aromatic carbocycles. The number of allylic oxidation sites excluding steroid dienone is 4. The van der Waals surface area contributed by atoms with Crippen molar-refractivity contribution in [3.8, 4) is 0 Å². The molecule has 0 saturated heterocycles. The molecule has 0 N–H and O–H groups in total. The van der Waals surface area contributed by atoms with Crippen LogP contribution in [-0.4, -0.2) is 0 Å². The van der Waals surface area contributed by atoms with Crippen LogP contribution in [0.4, 0.5) is 5.69 Å². The fraction of sp³-hybridized carbons (Fsp3) is 0.360. The number of benzene rings is 2. The van der Waals surface area contributed by atoms with E-state index in [2.05, 4.69) is 90.9 Å². The Bertz CT molecular complexity index is 903. The molecule has 0 spiro atoms. The SMILES string of the molecule is CC1=CC(C)=C(c2ccccc2C(C)(C)[N-]c2c(C)cc(C)cc2C)C1.[Cl-].[Cl-].[Ti+3]. The molecule has 2 aromatic rings. The molecule has 0 unspecified atom stereocenters. The molecule has 3 rings (SSSR count). The molecule has 0 heterocycles. The van der Waals surface area contributed by atoms with Gasteiger partial charge in [0, 0.05) is 0 Å². The first-order valence-electron chi connectivity index (χ1n) is 9.46. The van der Waals surface area contributed by atoms with E-state index in [1.807, 2.05) is 0 Å². The Kier molecular flexibility index (Phi) is 10.5. The van der Waals surface area contributed by atoms with Gasteiger partial charge < -0.3 is 30.1 Å². The predicted molar refractivity (Wildman–Crippen MR) is 114 cm³/mol. The summed E-state index contributed by atoms with van der Waals surface area (Å²) in [5.41, 5.74) is 11.5. The van der Waals surface area contributed by atoms with Gasteiger partial charge in [0.1, 0.15) is 0 Å². The van der Waals surface area contributed by atoms with Crippen molar-refractivity contribution in [2.45, 2.75) is 60.4 Å². The zero-order valence-electron chi connectivity index (χ0n) is 18.5. The van der Waals surface area contributed by atoms with Crippen molar-refractivity contribution in [1.82, 2.24) is 0 Å². The van der Waals surface area contributed by atoms with E-state index >= 15 is 0 Å². The number of halogens is 2. The summed E-state index contributed by atoms with van der Waals surface area (Å²) in [7, 11) is 0. The summed E-state index contributed by atoms with van der Waals surface area (Å²) in [6, 6.07) is 13.2. The molecule has 1 nitrogen and oxygen atoms in total. The van der Waals surface area contributed by atoms with Gasteiger partial charge in [-0.15, -0.1) is 5.69 Å². The van der Waals surface area contributed by atoms with E-state index in [9.17, 15) is 0 Å². The first-order chi connectivity index (χ1) is 12.2. The second-order valence-corrected chi connectivity index (χ2v) is 8.29. The van der Waals surface area contributed by atoms with Gasteiger partial charge in [-0.3, -0.25) is 0 Å². The standard InChI is InChI=1S/C25H30N.2ClH.Ti/c1-16-13-19(4)24(20(5)14-16)26-25(6,7)23-11-9-8-10-21(23)22-15-17(2)12-18(22)3;;;/h8-14H,15H2,1-7H3;2*1H;/q-1;;;+3/p-2. The molecule has 153 valence electrons. The summed E-state index contributed by atoms with van der Waals surface area (Å²) in [4.78, 5) is 0. The van der Waals surface area contributed by atoms with Crippen LogP contribution in [0.25, 0.3) is 10.9 Å². The summed E-state index contributed by atoms with van der Waals surface area (Å²) in [5, 5.41) is 5.24. The molecule has 0 amide bonds. The van der Waals surface area contributed by atoms with Crippen molar-refractivity contribution >= 4 is 11.3 Å². The van der Waals surface area contributed by atoms with Crippen LogP contribution in [-0.2, 0) is 27.3 Å². The van der Waals surface area contributed by atoms with Gasteiger partial charge in [-0.1, -0.05) is 89.7 Å². The fourth-order valence-electron chi connectivity index (χ4n) is 4.20. The fourth-order valence-corrected chi connectivity index (χ4v) is 4.20. The minimum atomic E-state index is -0.287. The molecule has 0 fully saturated rings. The summed E-state index contributed by atoms with van der Waals surface area (Å²) in [5.74, 6) is 0. The zero-order valence-corrected chi connectivity index (χ0v) is 21.5. The van der Waals surface area contributed by atoms with Gasteiger partial charge in [0.15, 0.2) is 0 Å². The predicted octanol–water partition coefficient (Wildman–Crippen LogP) is 1.68. The van der Waals surface area contributed by atoms with Gasteiger partial charge in [-0.05, 0) is 57.7 Å². The van der Waals surface area contributed by atoms with Crippen molar-refractivity contribution in [3.63, 3.8) is 0 Å². The Morgan fingerprint density at radius 3 is 1.93 bits per heavy atom. The molecule has 0 aromatic heterocycles. The van der Waals surface area contributed by atoms with E-state index in [0.29, 0.717) is 0 Å². The van der Waals surface area contributed by atoms with E-state index in [0.717, 1.165) is 12.1 Å². The summed E-state index contributed by atoms with van der Waals surface area (Å²) in [6.45, 7) is 15.4. The van der Waals surface area contributed by atoms with Crippen LogP contribution >= 0.6 is 0 Å². The van der Waals surface area contributed by atoms with Crippen LogP contribution in [0.3, 0.4) is 0 Å². The van der Waals surface area contributed by atoms with Crippen molar-refractivity contribution in [1.29, 1.82) is 0 Å². The topological polar surface area (TPSA) is 14.1 Å². The van der Waals surface area contributed by atoms with E-state index in [4.69, 9.17) is 5.32 Å². The molecular weight excluding hydrogens is 433 g/mol. The van der Waals surface area contributed by atoms with Crippen LogP contribution in [0.1, 0.15) is 61.9 Å². The molecular formula is C25H30Cl2NTi. The average Bonchev–Trinajstić information content (AvgIpc) is 2.89. The van der Waals surface area contributed by atoms with E-state index in [-0.39, 0.29) is 52.1 Å². The van der Waals surface area contributed by atoms with Crippen LogP contribution in [0.5, 0.6) is 0 Å². The van der Waals surface area contributed by atoms with Gasteiger partial charge in [-0.25, -0.2) is 0 Å². The second kappa shape index (κ2) is 10.9. The minimum absolute atomic E-state index is 0. The quantitative estimate of drug-likeness (QED) is 0.613. The van der Waals surface area contributed by atoms with E-state index in [1.54, 1.807) is 0 Å². The third kappa shape index (κ3) is 6.01. The smallest absolute Gasteiger partial charge is 1.00 e. The maximum Gasteiger partial charge on any atom is 3.00 e. The molecule has 29 heavy (non-hydrogen) atoms. The van der Waals surface area contributed by atoms with Crippen molar-refractivity contribution < 1.29 is 46.5 Å². The normalized spacial score (nSPS) is 13.1. The van der Waals surface area contributed by atoms with Gasteiger partial charge >= 0.3 is 21.7 Å². The summed E-state index contributed by atoms with van der Waals surface area (Å²) < 4.78 is 0. The first kappa shape index (κ1) is 28.0. The molecule has 0 saturated carbocycles. The first-order valence-corrected chi connectivity index (χ1v) is 9.46. The Morgan fingerprint density at radius 1 is 0.862 bits per heavy atom. The van der Waals surface area contributed by atoms with Gasteiger partial charge in [0.2, 0.25) is 0 Å². The Labute approximate surface area is 204 Å². The number of rotatable bonds is 4. The number of hydrogen-bond donors (Lipinski definition) is 0. The minimum Gasteiger partial charge on any atom is -1.00 e. The van der Waals surface area contributed by atoms with Crippen LogP contribution in [0.2, 0.25) is 0 Å². The Balaban J connectivity index is 0.00000261. The van der Waals surface area contributed by atoms with Crippen molar-refractivity contribution in [3.05, 3.63) is 86.8 Å². The van der Waals surface area contributed by atoms with E-state index in [1.165, 1.54) is 44.5 Å². The van der Waals surface area contributed by atoms with Crippen LogP contribution in [0.15, 0.2) is 53.6 Å². The molecule has 1 aliphatic rings. The number of nitrogens with zero attached hydrogens (tertiary/aromatic N) is 1. The summed E-state index contributed by atoms with van der Waals surface area (Å²) in [6.07, 6.45) is 3.35. The number of aryl methyl sites for hydroxylation is 3. The molecule has 0 atom stereocenters. The zero-order chi connectivity index (χ0) is 19.1. The number of hydrogen-bond acceptors (Lipinski definition) is 0. The van der Waals surface area contributed by atoms with Crippen LogP contribution in [0, 0.1) is 20.8 Å². The second-order valence-electron chi connectivity index (χ2n) is 8.29. The maximum absolute atomic E-state index is 5.24. The van der Waals surface area contributed by atoms with Crippen molar-refractivity contribution in [2.75, 3.05) is 0 Å². The third-order valence-electron chi connectivity index (χ3n) is 5.33. The molecule has 4 heteroatoms. The molecule has 1 radical (unpaired) electrons. The van der Waals surface area contributed by atoms with Gasteiger partial charge in [-0.2, -0.15) is 0 Å². The van der Waals surface area contributed by atoms with Crippen LogP contribution < -0.4 is 24.8 Å². The molecule has 0 aliphatic heterocycles. The monoisotopic (exact) mass is 462 g/mol. The molecule has 1 aliphatic carbocycles. The largest absolute Gasteiger partial charge is 3.00 e. The van der Waals surface area contributed by atoms with E-state index < -0.39 is 0 Å². The maximum atomic E-state index is 5.24. The average molecular weight is 463 g/mol. The Hall–Kier alpha value is -0.986. The third-order valence-corrected chi connectivity index (χ3v) is 5.33. The van der Waals surface area contributed by atoms with Crippen molar-refractivity contribution in [2.24, 2.45) is 0 Å². The van der Waals surface area contributed by atoms with Gasteiger partial charge in [0.25, 0.3) is 0 Å². The summed E-state index contributed by atoms with van der Waals surface area (Å²) >= 11 is 0.